The minimum atomic E-state index is -0.270. The second-order valence-corrected chi connectivity index (χ2v) is 7.00. The van der Waals surface area contributed by atoms with Crippen LogP contribution < -0.4 is 4.74 Å². The number of benzene rings is 2. The standard InChI is InChI=1S/C20H22BrNO3/c1-2-24-19-11-8-17(21)12-16(19)13-22(18-9-10-18)20(23)25-14-15-6-4-3-5-7-15/h3-8,11-12,18H,2,9-10,13-14H2,1H3. The zero-order chi connectivity index (χ0) is 17.6. The summed E-state index contributed by atoms with van der Waals surface area (Å²) in [6.07, 6.45) is 1.78. The van der Waals surface area contributed by atoms with Crippen molar-refractivity contribution in [3.8, 4) is 5.75 Å². The van der Waals surface area contributed by atoms with Crippen molar-refractivity contribution in [2.24, 2.45) is 0 Å². The average Bonchev–Trinajstić information content (AvgIpc) is 3.45. The van der Waals surface area contributed by atoms with Crippen LogP contribution in [-0.2, 0) is 17.9 Å². The minimum absolute atomic E-state index is 0.261. The first-order chi connectivity index (χ1) is 12.2. The van der Waals surface area contributed by atoms with Gasteiger partial charge in [-0.05, 0) is 43.5 Å². The van der Waals surface area contributed by atoms with E-state index in [1.807, 2.05) is 60.4 Å². The Balaban J connectivity index is 1.69. The smallest absolute Gasteiger partial charge is 0.410 e. The lowest BCUT2D eigenvalue weighted by Gasteiger charge is -2.23. The maximum absolute atomic E-state index is 12.6. The molecule has 0 bridgehead atoms. The first kappa shape index (κ1) is 17.8. The lowest BCUT2D eigenvalue weighted by Crippen LogP contribution is -2.33. The Morgan fingerprint density at radius 1 is 1.20 bits per heavy atom. The van der Waals surface area contributed by atoms with Crippen molar-refractivity contribution in [3.63, 3.8) is 0 Å². The molecule has 4 nitrogen and oxygen atoms in total. The third-order valence-corrected chi connectivity index (χ3v) is 4.58. The molecule has 5 heteroatoms. The van der Waals surface area contributed by atoms with Gasteiger partial charge in [-0.25, -0.2) is 4.79 Å². The van der Waals surface area contributed by atoms with Crippen LogP contribution in [0.15, 0.2) is 53.0 Å². The molecule has 0 N–H and O–H groups in total. The highest BCUT2D eigenvalue weighted by atomic mass is 79.9. The third-order valence-electron chi connectivity index (χ3n) is 4.09. The molecule has 1 aliphatic carbocycles. The highest BCUT2D eigenvalue weighted by Gasteiger charge is 2.34. The van der Waals surface area contributed by atoms with Crippen molar-refractivity contribution in [2.45, 2.75) is 39.0 Å². The maximum atomic E-state index is 12.6. The van der Waals surface area contributed by atoms with Gasteiger partial charge in [0.2, 0.25) is 0 Å². The summed E-state index contributed by atoms with van der Waals surface area (Å²) in [5, 5.41) is 0. The monoisotopic (exact) mass is 403 g/mol. The van der Waals surface area contributed by atoms with E-state index in [0.717, 1.165) is 34.2 Å². The highest BCUT2D eigenvalue weighted by Crippen LogP contribution is 2.32. The van der Waals surface area contributed by atoms with Crippen LogP contribution in [0.4, 0.5) is 4.79 Å². The molecule has 0 radical (unpaired) electrons. The topological polar surface area (TPSA) is 38.8 Å². The Morgan fingerprint density at radius 2 is 1.96 bits per heavy atom. The molecule has 0 saturated heterocycles. The maximum Gasteiger partial charge on any atom is 0.410 e. The molecule has 0 unspecified atom stereocenters. The summed E-state index contributed by atoms with van der Waals surface area (Å²) in [7, 11) is 0. The average molecular weight is 404 g/mol. The van der Waals surface area contributed by atoms with E-state index in [1.54, 1.807) is 0 Å². The van der Waals surface area contributed by atoms with Crippen LogP contribution in [0.1, 0.15) is 30.9 Å². The number of ether oxygens (including phenoxy) is 2. The molecular weight excluding hydrogens is 382 g/mol. The van der Waals surface area contributed by atoms with E-state index in [9.17, 15) is 4.79 Å². The van der Waals surface area contributed by atoms with E-state index in [-0.39, 0.29) is 12.1 Å². The summed E-state index contributed by atoms with van der Waals surface area (Å²) < 4.78 is 12.2. The number of hydrogen-bond acceptors (Lipinski definition) is 3. The van der Waals surface area contributed by atoms with Crippen molar-refractivity contribution >= 4 is 22.0 Å². The number of carbonyl (C=O) groups excluding carboxylic acids is 1. The molecule has 2 aromatic carbocycles. The van der Waals surface area contributed by atoms with Crippen LogP contribution >= 0.6 is 15.9 Å². The van der Waals surface area contributed by atoms with Gasteiger partial charge < -0.3 is 14.4 Å². The SMILES string of the molecule is CCOc1ccc(Br)cc1CN(C(=O)OCc1ccccc1)C1CC1. The molecule has 0 heterocycles. The number of amides is 1. The van der Waals surface area contributed by atoms with Gasteiger partial charge in [0, 0.05) is 16.1 Å². The van der Waals surface area contributed by atoms with E-state index in [1.165, 1.54) is 0 Å². The van der Waals surface area contributed by atoms with E-state index in [2.05, 4.69) is 15.9 Å². The lowest BCUT2D eigenvalue weighted by molar-refractivity contribution is 0.0906. The van der Waals surface area contributed by atoms with Gasteiger partial charge >= 0.3 is 6.09 Å². The fourth-order valence-electron chi connectivity index (χ4n) is 2.68. The van der Waals surface area contributed by atoms with Crippen molar-refractivity contribution in [2.75, 3.05) is 6.61 Å². The third kappa shape index (κ3) is 4.98. The van der Waals surface area contributed by atoms with Crippen LogP contribution in [0.5, 0.6) is 5.75 Å². The molecule has 1 aliphatic rings. The fraction of sp³-hybridized carbons (Fsp3) is 0.350. The van der Waals surface area contributed by atoms with Gasteiger partial charge in [-0.3, -0.25) is 0 Å². The number of rotatable bonds is 7. The molecular formula is C20H22BrNO3. The summed E-state index contributed by atoms with van der Waals surface area (Å²) >= 11 is 3.50. The Hall–Kier alpha value is -2.01. The van der Waals surface area contributed by atoms with Gasteiger partial charge in [-0.2, -0.15) is 0 Å². The van der Waals surface area contributed by atoms with Crippen LogP contribution in [0.3, 0.4) is 0 Å². The van der Waals surface area contributed by atoms with Crippen LogP contribution in [0.25, 0.3) is 0 Å². The van der Waals surface area contributed by atoms with Crippen LogP contribution in [0, 0.1) is 0 Å². The zero-order valence-corrected chi connectivity index (χ0v) is 15.9. The molecule has 132 valence electrons. The van der Waals surface area contributed by atoms with Gasteiger partial charge in [0.1, 0.15) is 12.4 Å². The molecule has 1 saturated carbocycles. The second-order valence-electron chi connectivity index (χ2n) is 6.08. The van der Waals surface area contributed by atoms with Gasteiger partial charge in [-0.1, -0.05) is 46.3 Å². The Morgan fingerprint density at radius 3 is 2.64 bits per heavy atom. The summed E-state index contributed by atoms with van der Waals surface area (Å²) in [4.78, 5) is 14.4. The first-order valence-corrected chi connectivity index (χ1v) is 9.35. The highest BCUT2D eigenvalue weighted by molar-refractivity contribution is 9.10. The first-order valence-electron chi connectivity index (χ1n) is 8.56. The summed E-state index contributed by atoms with van der Waals surface area (Å²) in [5.41, 5.74) is 1.98. The summed E-state index contributed by atoms with van der Waals surface area (Å²) in [5.74, 6) is 0.812. The molecule has 1 amide bonds. The van der Waals surface area contributed by atoms with Crippen molar-refractivity contribution in [1.29, 1.82) is 0 Å². The Bertz CT molecular complexity index is 716. The van der Waals surface area contributed by atoms with E-state index >= 15 is 0 Å². The molecule has 0 aromatic heterocycles. The minimum Gasteiger partial charge on any atom is -0.494 e. The second kappa shape index (κ2) is 8.39. The Kier molecular flexibility index (Phi) is 5.97. The number of nitrogens with zero attached hydrogens (tertiary/aromatic N) is 1. The lowest BCUT2D eigenvalue weighted by atomic mass is 10.2. The fourth-order valence-corrected chi connectivity index (χ4v) is 3.09. The largest absolute Gasteiger partial charge is 0.494 e. The Labute approximate surface area is 156 Å². The molecule has 0 atom stereocenters. The van der Waals surface area contributed by atoms with Crippen molar-refractivity contribution < 1.29 is 14.3 Å². The van der Waals surface area contributed by atoms with E-state index < -0.39 is 0 Å². The van der Waals surface area contributed by atoms with Gasteiger partial charge in [0.05, 0.1) is 13.2 Å². The summed E-state index contributed by atoms with van der Waals surface area (Å²) in [6.45, 7) is 3.34. The van der Waals surface area contributed by atoms with Gasteiger partial charge in [-0.15, -0.1) is 0 Å². The molecule has 1 fully saturated rings. The molecule has 0 spiro atoms. The molecule has 2 aromatic rings. The van der Waals surface area contributed by atoms with Crippen molar-refractivity contribution in [3.05, 3.63) is 64.1 Å². The van der Waals surface area contributed by atoms with Crippen LogP contribution in [-0.4, -0.2) is 23.6 Å². The zero-order valence-electron chi connectivity index (χ0n) is 14.3. The summed E-state index contributed by atoms with van der Waals surface area (Å²) in [6, 6.07) is 15.9. The molecule has 3 rings (SSSR count). The number of hydrogen-bond donors (Lipinski definition) is 0. The normalized spacial score (nSPS) is 13.4. The predicted molar refractivity (Wildman–Crippen MR) is 101 cm³/mol. The molecule has 25 heavy (non-hydrogen) atoms. The quantitative estimate of drug-likeness (QED) is 0.641. The van der Waals surface area contributed by atoms with E-state index in [0.29, 0.717) is 19.8 Å². The van der Waals surface area contributed by atoms with Crippen molar-refractivity contribution in [1.82, 2.24) is 4.90 Å². The van der Waals surface area contributed by atoms with Gasteiger partial charge in [0.25, 0.3) is 0 Å². The van der Waals surface area contributed by atoms with Gasteiger partial charge in [0.15, 0.2) is 0 Å². The number of halogens is 1. The van der Waals surface area contributed by atoms with E-state index in [4.69, 9.17) is 9.47 Å². The predicted octanol–water partition coefficient (Wildman–Crippen LogP) is 5.15. The van der Waals surface area contributed by atoms with Crippen LogP contribution in [0.2, 0.25) is 0 Å². The number of carbonyl (C=O) groups is 1. The molecule has 0 aliphatic heterocycles.